The summed E-state index contributed by atoms with van der Waals surface area (Å²) in [5.74, 6) is 0.484. The first-order valence-electron chi connectivity index (χ1n) is 8.75. The normalized spacial score (nSPS) is 13.8. The molecule has 26 heavy (non-hydrogen) atoms. The molecule has 0 bridgehead atoms. The van der Waals surface area contributed by atoms with E-state index in [0.29, 0.717) is 30.6 Å². The van der Waals surface area contributed by atoms with E-state index in [1.54, 1.807) is 18.3 Å². The van der Waals surface area contributed by atoms with Gasteiger partial charge in [-0.25, -0.2) is 9.78 Å². The average molecular weight is 357 g/mol. The van der Waals surface area contributed by atoms with Gasteiger partial charge in [0.25, 0.3) is 5.91 Å². The number of benzene rings is 1. The summed E-state index contributed by atoms with van der Waals surface area (Å²) in [5.41, 5.74) is 1.79. The molecule has 3 rings (SSSR count). The number of hydrogen-bond acceptors (Lipinski definition) is 4. The van der Waals surface area contributed by atoms with E-state index in [2.05, 4.69) is 18.8 Å². The van der Waals surface area contributed by atoms with Gasteiger partial charge < -0.3 is 19.3 Å². The van der Waals surface area contributed by atoms with Crippen LogP contribution in [0.1, 0.15) is 30.9 Å². The van der Waals surface area contributed by atoms with Crippen LogP contribution in [0.25, 0.3) is 11.3 Å². The minimum Gasteiger partial charge on any atom is -0.482 e. The van der Waals surface area contributed by atoms with Crippen molar-refractivity contribution in [2.24, 2.45) is 5.92 Å². The van der Waals surface area contributed by atoms with Crippen LogP contribution in [0.4, 0.5) is 0 Å². The summed E-state index contributed by atoms with van der Waals surface area (Å²) >= 11 is 0. The molecule has 1 amide bonds. The van der Waals surface area contributed by atoms with E-state index in [-0.39, 0.29) is 12.5 Å². The smallest absolute Gasteiger partial charge is 0.341 e. The Hall–Kier alpha value is -2.83. The Kier molecular flexibility index (Phi) is 5.25. The van der Waals surface area contributed by atoms with Gasteiger partial charge in [-0.2, -0.15) is 0 Å². The highest BCUT2D eigenvalue weighted by molar-refractivity contribution is 5.92. The van der Waals surface area contributed by atoms with Crippen LogP contribution in [0.5, 0.6) is 5.75 Å². The highest BCUT2D eigenvalue weighted by Crippen LogP contribution is 2.26. The number of amides is 1. The van der Waals surface area contributed by atoms with Gasteiger partial charge in [-0.3, -0.25) is 4.79 Å². The number of imidazole rings is 1. The van der Waals surface area contributed by atoms with Crippen LogP contribution < -0.4 is 4.74 Å². The molecule has 1 aromatic heterocycles. The maximum atomic E-state index is 12.6. The molecule has 0 saturated heterocycles. The number of aromatic nitrogens is 2. The molecule has 2 heterocycles. The van der Waals surface area contributed by atoms with Gasteiger partial charge in [0.05, 0.1) is 11.9 Å². The van der Waals surface area contributed by atoms with Gasteiger partial charge in [0.15, 0.2) is 12.4 Å². The number of ether oxygens (including phenoxy) is 1. The summed E-state index contributed by atoms with van der Waals surface area (Å²) in [6.45, 7) is 6.08. The second kappa shape index (κ2) is 7.59. The number of nitrogens with zero attached hydrogens (tertiary/aromatic N) is 3. The topological polar surface area (TPSA) is 84.7 Å². The Morgan fingerprint density at radius 2 is 2.00 bits per heavy atom. The molecule has 138 valence electrons. The number of fused-ring (bicyclic) bond motifs is 1. The molecule has 0 spiro atoms. The third-order valence-electron chi connectivity index (χ3n) is 4.42. The first kappa shape index (κ1) is 18.0. The predicted octanol–water partition coefficient (Wildman–Crippen LogP) is 2.52. The van der Waals surface area contributed by atoms with Crippen LogP contribution in [0.2, 0.25) is 0 Å². The molecule has 1 aliphatic rings. The number of carbonyl (C=O) groups is 2. The van der Waals surface area contributed by atoms with Crippen molar-refractivity contribution in [3.63, 3.8) is 0 Å². The zero-order valence-corrected chi connectivity index (χ0v) is 15.0. The predicted molar refractivity (Wildman–Crippen MR) is 96.2 cm³/mol. The van der Waals surface area contributed by atoms with E-state index in [4.69, 9.17) is 9.84 Å². The van der Waals surface area contributed by atoms with Gasteiger partial charge in [0, 0.05) is 25.2 Å². The summed E-state index contributed by atoms with van der Waals surface area (Å²) in [7, 11) is 0. The Morgan fingerprint density at radius 3 is 2.65 bits per heavy atom. The lowest BCUT2D eigenvalue weighted by Crippen LogP contribution is -2.41. The fraction of sp³-hybridized carbons (Fsp3) is 0.421. The third kappa shape index (κ3) is 3.87. The van der Waals surface area contributed by atoms with Crippen LogP contribution in [0, 0.1) is 5.92 Å². The number of carboxylic acid groups (broad SMARTS) is 1. The Labute approximate surface area is 152 Å². The maximum absolute atomic E-state index is 12.6. The molecule has 0 unspecified atom stereocenters. The summed E-state index contributed by atoms with van der Waals surface area (Å²) in [5, 5.41) is 8.65. The standard InChI is InChI=1S/C19H23N3O4/c1-13(2)7-8-21-9-10-22-16(11-20-18(22)19(21)25)14-3-5-15(6-4-14)26-12-17(23)24/h3-6,11,13H,7-10,12H2,1-2H3,(H,23,24). The van der Waals surface area contributed by atoms with Crippen LogP contribution >= 0.6 is 0 Å². The van der Waals surface area contributed by atoms with Crippen molar-refractivity contribution < 1.29 is 19.4 Å². The van der Waals surface area contributed by atoms with E-state index in [1.165, 1.54) is 0 Å². The van der Waals surface area contributed by atoms with E-state index in [9.17, 15) is 9.59 Å². The van der Waals surface area contributed by atoms with Gasteiger partial charge in [-0.15, -0.1) is 0 Å². The molecule has 7 heteroatoms. The second-order valence-electron chi connectivity index (χ2n) is 6.80. The van der Waals surface area contributed by atoms with Gasteiger partial charge in [-0.05, 0) is 36.6 Å². The maximum Gasteiger partial charge on any atom is 0.341 e. The summed E-state index contributed by atoms with van der Waals surface area (Å²) in [4.78, 5) is 29.4. The zero-order chi connectivity index (χ0) is 18.7. The highest BCUT2D eigenvalue weighted by Gasteiger charge is 2.27. The minimum atomic E-state index is -1.01. The Balaban J connectivity index is 1.75. The number of carbonyl (C=O) groups excluding carboxylic acids is 1. The van der Waals surface area contributed by atoms with Crippen LogP contribution in [0.3, 0.4) is 0 Å². The van der Waals surface area contributed by atoms with Gasteiger partial charge in [0.2, 0.25) is 0 Å². The molecule has 1 aromatic carbocycles. The number of hydrogen-bond donors (Lipinski definition) is 1. The SMILES string of the molecule is CC(C)CCN1CCn2c(-c3ccc(OCC(=O)O)cc3)cnc2C1=O. The van der Waals surface area contributed by atoms with E-state index < -0.39 is 5.97 Å². The minimum absolute atomic E-state index is 0.0236. The van der Waals surface area contributed by atoms with Crippen molar-refractivity contribution >= 4 is 11.9 Å². The summed E-state index contributed by atoms with van der Waals surface area (Å²) < 4.78 is 7.09. The molecule has 1 N–H and O–H groups in total. The largest absolute Gasteiger partial charge is 0.482 e. The van der Waals surface area contributed by atoms with Crippen LogP contribution in [-0.4, -0.2) is 51.1 Å². The Morgan fingerprint density at radius 1 is 1.27 bits per heavy atom. The Bertz CT molecular complexity index is 796. The fourth-order valence-corrected chi connectivity index (χ4v) is 2.96. The van der Waals surface area contributed by atoms with Crippen molar-refractivity contribution in [1.82, 2.24) is 14.5 Å². The first-order chi connectivity index (χ1) is 12.5. The molecule has 0 fully saturated rings. The summed E-state index contributed by atoms with van der Waals surface area (Å²) in [6.07, 6.45) is 2.70. The molecule has 7 nitrogen and oxygen atoms in total. The number of aliphatic carboxylic acids is 1. The second-order valence-corrected chi connectivity index (χ2v) is 6.80. The van der Waals surface area contributed by atoms with Gasteiger partial charge in [0.1, 0.15) is 5.75 Å². The molecular formula is C19H23N3O4. The molecule has 1 aliphatic heterocycles. The number of carboxylic acids is 1. The zero-order valence-electron chi connectivity index (χ0n) is 15.0. The van der Waals surface area contributed by atoms with E-state index >= 15 is 0 Å². The highest BCUT2D eigenvalue weighted by atomic mass is 16.5. The fourth-order valence-electron chi connectivity index (χ4n) is 2.96. The number of rotatable bonds is 7. The van der Waals surface area contributed by atoms with Crippen molar-refractivity contribution in [2.75, 3.05) is 19.7 Å². The monoisotopic (exact) mass is 357 g/mol. The van der Waals surface area contributed by atoms with Crippen molar-refractivity contribution in [3.05, 3.63) is 36.3 Å². The van der Waals surface area contributed by atoms with Crippen molar-refractivity contribution in [2.45, 2.75) is 26.8 Å². The van der Waals surface area contributed by atoms with Crippen LogP contribution in [0.15, 0.2) is 30.5 Å². The van der Waals surface area contributed by atoms with Crippen LogP contribution in [-0.2, 0) is 11.3 Å². The molecule has 0 aliphatic carbocycles. The molecule has 0 saturated carbocycles. The van der Waals surface area contributed by atoms with Gasteiger partial charge >= 0.3 is 5.97 Å². The van der Waals surface area contributed by atoms with Gasteiger partial charge in [-0.1, -0.05) is 13.8 Å². The summed E-state index contributed by atoms with van der Waals surface area (Å²) in [6, 6.07) is 7.13. The lowest BCUT2D eigenvalue weighted by Gasteiger charge is -2.28. The third-order valence-corrected chi connectivity index (χ3v) is 4.42. The lowest BCUT2D eigenvalue weighted by molar-refractivity contribution is -0.139. The molecular weight excluding hydrogens is 334 g/mol. The first-order valence-corrected chi connectivity index (χ1v) is 8.75. The van der Waals surface area contributed by atoms with Crippen molar-refractivity contribution in [1.29, 1.82) is 0 Å². The van der Waals surface area contributed by atoms with E-state index in [0.717, 1.165) is 24.2 Å². The molecule has 2 aromatic rings. The van der Waals surface area contributed by atoms with Crippen molar-refractivity contribution in [3.8, 4) is 17.0 Å². The lowest BCUT2D eigenvalue weighted by atomic mass is 10.1. The molecule has 0 atom stereocenters. The van der Waals surface area contributed by atoms with E-state index in [1.807, 2.05) is 21.6 Å². The average Bonchev–Trinajstić information content (AvgIpc) is 3.04. The molecule has 0 radical (unpaired) electrons. The quantitative estimate of drug-likeness (QED) is 0.823.